The van der Waals surface area contributed by atoms with Gasteiger partial charge in [0.1, 0.15) is 11.2 Å². The van der Waals surface area contributed by atoms with Crippen molar-refractivity contribution in [2.75, 3.05) is 0 Å². The first kappa shape index (κ1) is 33.6. The molecule has 0 spiro atoms. The molecular weight excluding hydrogens is 697 g/mol. The van der Waals surface area contributed by atoms with Crippen LogP contribution in [0.5, 0.6) is 0 Å². The Morgan fingerprint density at radius 1 is 0.351 bits per heavy atom. The van der Waals surface area contributed by atoms with Crippen LogP contribution in [0.4, 0.5) is 0 Å². The van der Waals surface area contributed by atoms with E-state index < -0.39 is 0 Å². The Labute approximate surface area is 329 Å². The van der Waals surface area contributed by atoms with Crippen LogP contribution in [-0.2, 0) is 0 Å². The molecule has 0 aliphatic carbocycles. The third-order valence-corrected chi connectivity index (χ3v) is 10.4. The van der Waals surface area contributed by atoms with E-state index in [1.807, 2.05) is 115 Å². The number of aromatic nitrogens is 3. The Hall–Kier alpha value is -7.94. The first-order valence-electron chi connectivity index (χ1n) is 18.8. The maximum Gasteiger partial charge on any atom is 0.164 e. The fourth-order valence-corrected chi connectivity index (χ4v) is 7.55. The molecule has 0 amide bonds. The van der Waals surface area contributed by atoms with E-state index in [9.17, 15) is 5.26 Å². The van der Waals surface area contributed by atoms with E-state index in [-0.39, 0.29) is 0 Å². The minimum Gasteiger partial charge on any atom is -0.456 e. The summed E-state index contributed by atoms with van der Waals surface area (Å²) >= 11 is 0. The van der Waals surface area contributed by atoms with Gasteiger partial charge in [0.05, 0.1) is 11.6 Å². The minimum atomic E-state index is 0.544. The number of benzene rings is 8. The molecule has 0 bridgehead atoms. The maximum absolute atomic E-state index is 10.1. The number of hydrogen-bond donors (Lipinski definition) is 0. The Balaban J connectivity index is 1.05. The van der Waals surface area contributed by atoms with Crippen molar-refractivity contribution in [3.63, 3.8) is 0 Å². The van der Waals surface area contributed by atoms with Crippen LogP contribution in [0.3, 0.4) is 0 Å². The number of nitriles is 1. The quantitative estimate of drug-likeness (QED) is 0.163. The predicted octanol–water partition coefficient (Wildman–Crippen LogP) is 13.3. The summed E-state index contributed by atoms with van der Waals surface area (Å²) in [7, 11) is 0. The van der Waals surface area contributed by atoms with Crippen molar-refractivity contribution >= 4 is 21.9 Å². The van der Waals surface area contributed by atoms with Crippen LogP contribution in [0.15, 0.2) is 199 Å². The number of hydrogen-bond acceptors (Lipinski definition) is 5. The number of nitrogens with zero attached hydrogens (tertiary/aromatic N) is 4. The monoisotopic (exact) mass is 728 g/mol. The average molecular weight is 729 g/mol. The fraction of sp³-hybridized carbons (Fsp3) is 0. The van der Waals surface area contributed by atoms with Gasteiger partial charge in [-0.3, -0.25) is 0 Å². The SMILES string of the molecule is N#Cc1cc(-c2cccc(-c3nc(-c4ccccc4)nc(-c4ccc5c(c4)oc4cccc(-c6ccc(-c7ccccc7)cc6)c45)n3)c2)ccc1-c1ccccc1. The van der Waals surface area contributed by atoms with Gasteiger partial charge in [0.2, 0.25) is 0 Å². The van der Waals surface area contributed by atoms with Crippen LogP contribution >= 0.6 is 0 Å². The smallest absolute Gasteiger partial charge is 0.164 e. The van der Waals surface area contributed by atoms with Gasteiger partial charge >= 0.3 is 0 Å². The molecule has 2 aromatic heterocycles. The van der Waals surface area contributed by atoms with Gasteiger partial charge in [0, 0.05) is 27.5 Å². The summed E-state index contributed by atoms with van der Waals surface area (Å²) in [5.74, 6) is 1.67. The topological polar surface area (TPSA) is 75.6 Å². The van der Waals surface area contributed by atoms with Crippen molar-refractivity contribution in [2.24, 2.45) is 0 Å². The second-order valence-electron chi connectivity index (χ2n) is 13.9. The van der Waals surface area contributed by atoms with Crippen molar-refractivity contribution in [1.29, 1.82) is 5.26 Å². The van der Waals surface area contributed by atoms with Crippen LogP contribution in [-0.4, -0.2) is 15.0 Å². The van der Waals surface area contributed by atoms with Crippen LogP contribution < -0.4 is 0 Å². The molecule has 0 aliphatic rings. The van der Waals surface area contributed by atoms with E-state index in [2.05, 4.69) is 84.9 Å². The molecule has 57 heavy (non-hydrogen) atoms. The van der Waals surface area contributed by atoms with Crippen molar-refractivity contribution in [3.05, 3.63) is 200 Å². The van der Waals surface area contributed by atoms with E-state index in [0.29, 0.717) is 23.0 Å². The second kappa shape index (κ2) is 14.4. The zero-order chi connectivity index (χ0) is 38.1. The second-order valence-corrected chi connectivity index (χ2v) is 13.9. The number of furan rings is 1. The molecule has 8 aromatic carbocycles. The lowest BCUT2D eigenvalue weighted by Crippen LogP contribution is -2.00. The Kier molecular flexibility index (Phi) is 8.48. The highest BCUT2D eigenvalue weighted by atomic mass is 16.3. The summed E-state index contributed by atoms with van der Waals surface area (Å²) < 4.78 is 6.53. The highest BCUT2D eigenvalue weighted by molar-refractivity contribution is 6.13. The van der Waals surface area contributed by atoms with Gasteiger partial charge in [-0.1, -0.05) is 164 Å². The summed E-state index contributed by atoms with van der Waals surface area (Å²) in [6.45, 7) is 0. The summed E-state index contributed by atoms with van der Waals surface area (Å²) in [4.78, 5) is 15.1. The molecule has 0 saturated carbocycles. The van der Waals surface area contributed by atoms with E-state index in [0.717, 1.165) is 72.0 Å². The van der Waals surface area contributed by atoms with Gasteiger partial charge in [0.25, 0.3) is 0 Å². The summed E-state index contributed by atoms with van der Waals surface area (Å²) in [6, 6.07) is 68.1. The van der Waals surface area contributed by atoms with E-state index in [1.54, 1.807) is 0 Å². The predicted molar refractivity (Wildman–Crippen MR) is 230 cm³/mol. The molecule has 0 atom stereocenters. The third-order valence-electron chi connectivity index (χ3n) is 10.4. The molecule has 0 unspecified atom stereocenters. The molecule has 10 aromatic rings. The van der Waals surface area contributed by atoms with E-state index in [4.69, 9.17) is 19.4 Å². The largest absolute Gasteiger partial charge is 0.456 e. The van der Waals surface area contributed by atoms with E-state index in [1.165, 1.54) is 11.1 Å². The molecule has 0 N–H and O–H groups in total. The summed E-state index contributed by atoms with van der Waals surface area (Å²) in [6.07, 6.45) is 0. The summed E-state index contributed by atoms with van der Waals surface area (Å²) in [5.41, 5.74) is 13.2. The molecule has 5 heteroatoms. The zero-order valence-corrected chi connectivity index (χ0v) is 30.7. The lowest BCUT2D eigenvalue weighted by atomic mass is 9.95. The molecular formula is C52H32N4O. The van der Waals surface area contributed by atoms with Crippen LogP contribution in [0.2, 0.25) is 0 Å². The summed E-state index contributed by atoms with van der Waals surface area (Å²) in [5, 5.41) is 12.2. The lowest BCUT2D eigenvalue weighted by Gasteiger charge is -2.11. The highest BCUT2D eigenvalue weighted by Gasteiger charge is 2.17. The van der Waals surface area contributed by atoms with Crippen molar-refractivity contribution in [2.45, 2.75) is 0 Å². The highest BCUT2D eigenvalue weighted by Crippen LogP contribution is 2.39. The van der Waals surface area contributed by atoms with Crippen molar-refractivity contribution < 1.29 is 4.42 Å². The van der Waals surface area contributed by atoms with Gasteiger partial charge in [-0.15, -0.1) is 0 Å². The Bertz CT molecular complexity index is 3110. The molecule has 0 fully saturated rings. The molecule has 10 rings (SSSR count). The molecule has 5 nitrogen and oxygen atoms in total. The first-order valence-corrected chi connectivity index (χ1v) is 18.8. The van der Waals surface area contributed by atoms with Gasteiger partial charge in [-0.2, -0.15) is 5.26 Å². The van der Waals surface area contributed by atoms with Crippen LogP contribution in [0.1, 0.15) is 5.56 Å². The minimum absolute atomic E-state index is 0.544. The van der Waals surface area contributed by atoms with Crippen molar-refractivity contribution in [3.8, 4) is 84.7 Å². The third kappa shape index (κ3) is 6.42. The molecule has 0 aliphatic heterocycles. The lowest BCUT2D eigenvalue weighted by molar-refractivity contribution is 0.669. The normalized spacial score (nSPS) is 11.1. The molecule has 2 heterocycles. The molecule has 0 radical (unpaired) electrons. The van der Waals surface area contributed by atoms with Gasteiger partial charge in [-0.05, 0) is 74.8 Å². The zero-order valence-electron chi connectivity index (χ0n) is 30.7. The number of rotatable bonds is 7. The standard InChI is InChI=1S/C52H32N4O/c53-33-43-31-40(26-28-44(43)36-14-6-2-7-15-36)39-18-10-19-41(30-39)51-54-50(38-16-8-3-9-17-38)55-52(56-51)42-27-29-46-48(32-42)57-47-21-11-20-45(49(46)47)37-24-22-35(23-25-37)34-12-4-1-5-13-34/h1-32H. The molecule has 266 valence electrons. The van der Waals surface area contributed by atoms with Crippen LogP contribution in [0.25, 0.3) is 101 Å². The van der Waals surface area contributed by atoms with Gasteiger partial charge in [0.15, 0.2) is 17.5 Å². The van der Waals surface area contributed by atoms with Crippen molar-refractivity contribution in [1.82, 2.24) is 15.0 Å². The van der Waals surface area contributed by atoms with Gasteiger partial charge < -0.3 is 4.42 Å². The fourth-order valence-electron chi connectivity index (χ4n) is 7.55. The average Bonchev–Trinajstić information content (AvgIpc) is 3.68. The Morgan fingerprint density at radius 3 is 1.54 bits per heavy atom. The first-order chi connectivity index (χ1) is 28.2. The Morgan fingerprint density at radius 2 is 0.842 bits per heavy atom. The molecule has 0 saturated heterocycles. The van der Waals surface area contributed by atoms with E-state index >= 15 is 0 Å². The maximum atomic E-state index is 10.1. The van der Waals surface area contributed by atoms with Gasteiger partial charge in [-0.25, -0.2) is 15.0 Å². The number of fused-ring (bicyclic) bond motifs is 3. The van der Waals surface area contributed by atoms with Crippen LogP contribution in [0, 0.1) is 11.3 Å².